The van der Waals surface area contributed by atoms with E-state index in [1.165, 1.54) is 36.8 Å². The summed E-state index contributed by atoms with van der Waals surface area (Å²) in [6, 6.07) is 2.07. The van der Waals surface area contributed by atoms with Gasteiger partial charge in [-0.15, -0.1) is 0 Å². The van der Waals surface area contributed by atoms with Crippen LogP contribution in [0, 0.1) is 6.92 Å². The smallest absolute Gasteiger partial charge is 0.163 e. The lowest BCUT2D eigenvalue weighted by molar-refractivity contribution is 0.664. The van der Waals surface area contributed by atoms with Gasteiger partial charge in [-0.25, -0.2) is 9.97 Å². The highest BCUT2D eigenvalue weighted by Gasteiger charge is 2.23. The summed E-state index contributed by atoms with van der Waals surface area (Å²) in [7, 11) is 4.04. The maximum absolute atomic E-state index is 4.97. The average Bonchev–Trinajstić information content (AvgIpc) is 3.27. The van der Waals surface area contributed by atoms with Gasteiger partial charge in [-0.2, -0.15) is 5.10 Å². The van der Waals surface area contributed by atoms with Crippen LogP contribution in [-0.4, -0.2) is 31.8 Å². The molecule has 6 heteroatoms. The third-order valence-electron chi connectivity index (χ3n) is 5.22. The van der Waals surface area contributed by atoms with Crippen LogP contribution >= 0.6 is 0 Å². The lowest BCUT2D eigenvalue weighted by atomic mass is 10.1. The second kappa shape index (κ2) is 6.43. The maximum Gasteiger partial charge on any atom is 0.163 e. The molecule has 1 aliphatic rings. The summed E-state index contributed by atoms with van der Waals surface area (Å²) >= 11 is 0. The third kappa shape index (κ3) is 2.97. The normalized spacial score (nSPS) is 15.2. The summed E-state index contributed by atoms with van der Waals surface area (Å²) in [5, 5.41) is 5.42. The molecule has 3 aromatic rings. The van der Waals surface area contributed by atoms with E-state index in [0.29, 0.717) is 5.92 Å². The predicted octanol–water partition coefficient (Wildman–Crippen LogP) is 3.36. The standard InChI is InChI=1S/C19H24N6/c1-13-10-20-9-8-15(13)12-24(2)18-16-11-21-25(3)19(16)23-17(22-18)14-6-4-5-7-14/h8-11,14H,4-7,12H2,1-3H3. The van der Waals surface area contributed by atoms with Crippen molar-refractivity contribution in [3.8, 4) is 0 Å². The van der Waals surface area contributed by atoms with Crippen molar-refractivity contribution in [3.05, 3.63) is 41.6 Å². The van der Waals surface area contributed by atoms with Gasteiger partial charge in [-0.1, -0.05) is 12.8 Å². The van der Waals surface area contributed by atoms with Crippen LogP contribution in [0.15, 0.2) is 24.7 Å². The lowest BCUT2D eigenvalue weighted by Gasteiger charge is -2.21. The summed E-state index contributed by atoms with van der Waals surface area (Å²) in [5.41, 5.74) is 3.38. The van der Waals surface area contributed by atoms with Crippen molar-refractivity contribution in [2.24, 2.45) is 7.05 Å². The molecule has 1 saturated carbocycles. The third-order valence-corrected chi connectivity index (χ3v) is 5.22. The first-order valence-electron chi connectivity index (χ1n) is 8.93. The van der Waals surface area contributed by atoms with Crippen LogP contribution in [0.5, 0.6) is 0 Å². The minimum atomic E-state index is 0.481. The van der Waals surface area contributed by atoms with Gasteiger partial charge in [0, 0.05) is 39.0 Å². The van der Waals surface area contributed by atoms with E-state index in [-0.39, 0.29) is 0 Å². The second-order valence-electron chi connectivity index (χ2n) is 7.05. The zero-order valence-electron chi connectivity index (χ0n) is 15.1. The number of rotatable bonds is 4. The number of hydrogen-bond acceptors (Lipinski definition) is 5. The molecule has 3 aromatic heterocycles. The van der Waals surface area contributed by atoms with Crippen LogP contribution in [0.4, 0.5) is 5.82 Å². The first kappa shape index (κ1) is 16.0. The topological polar surface area (TPSA) is 59.7 Å². The Kier molecular flexibility index (Phi) is 4.11. The van der Waals surface area contributed by atoms with Gasteiger partial charge in [0.25, 0.3) is 0 Å². The largest absolute Gasteiger partial charge is 0.355 e. The fourth-order valence-corrected chi connectivity index (χ4v) is 3.69. The van der Waals surface area contributed by atoms with Crippen LogP contribution in [0.1, 0.15) is 48.6 Å². The molecule has 0 aliphatic heterocycles. The maximum atomic E-state index is 4.97. The van der Waals surface area contributed by atoms with Crippen molar-refractivity contribution in [2.45, 2.75) is 45.1 Å². The number of aromatic nitrogens is 5. The quantitative estimate of drug-likeness (QED) is 0.731. The first-order chi connectivity index (χ1) is 12.1. The highest BCUT2D eigenvalue weighted by Crippen LogP contribution is 2.34. The van der Waals surface area contributed by atoms with Gasteiger partial charge >= 0.3 is 0 Å². The van der Waals surface area contributed by atoms with Crippen molar-refractivity contribution >= 4 is 16.9 Å². The number of anilines is 1. The summed E-state index contributed by atoms with van der Waals surface area (Å²) < 4.78 is 1.85. The number of pyridine rings is 1. The average molecular weight is 336 g/mol. The molecule has 0 bridgehead atoms. The summed E-state index contributed by atoms with van der Waals surface area (Å²) in [6.07, 6.45) is 10.6. The number of nitrogens with zero attached hydrogens (tertiary/aromatic N) is 6. The molecular weight excluding hydrogens is 312 g/mol. The summed E-state index contributed by atoms with van der Waals surface area (Å²) in [6.45, 7) is 2.89. The molecule has 6 nitrogen and oxygen atoms in total. The molecule has 1 fully saturated rings. The van der Waals surface area contributed by atoms with Gasteiger partial charge in [-0.05, 0) is 37.0 Å². The molecule has 0 amide bonds. The van der Waals surface area contributed by atoms with E-state index in [2.05, 4.69) is 35.0 Å². The molecule has 0 aromatic carbocycles. The number of hydrogen-bond donors (Lipinski definition) is 0. The molecule has 0 spiro atoms. The molecule has 0 radical (unpaired) electrons. The number of fused-ring (bicyclic) bond motifs is 1. The van der Waals surface area contributed by atoms with Crippen LogP contribution in [0.2, 0.25) is 0 Å². The molecule has 1 aliphatic carbocycles. The Labute approximate surface area is 147 Å². The number of aryl methyl sites for hydroxylation is 2. The highest BCUT2D eigenvalue weighted by atomic mass is 15.3. The van der Waals surface area contributed by atoms with E-state index in [0.717, 1.165) is 29.2 Å². The summed E-state index contributed by atoms with van der Waals surface area (Å²) in [4.78, 5) is 16.2. The lowest BCUT2D eigenvalue weighted by Crippen LogP contribution is -2.20. The fraction of sp³-hybridized carbons (Fsp3) is 0.474. The van der Waals surface area contributed by atoms with Crippen molar-refractivity contribution in [1.29, 1.82) is 0 Å². The molecule has 0 atom stereocenters. The first-order valence-corrected chi connectivity index (χ1v) is 8.93. The molecule has 0 saturated heterocycles. The van der Waals surface area contributed by atoms with Gasteiger partial charge < -0.3 is 4.90 Å². The highest BCUT2D eigenvalue weighted by molar-refractivity contribution is 5.86. The van der Waals surface area contributed by atoms with Crippen LogP contribution < -0.4 is 4.90 Å². The monoisotopic (exact) mass is 336 g/mol. The second-order valence-corrected chi connectivity index (χ2v) is 7.05. The van der Waals surface area contributed by atoms with E-state index in [9.17, 15) is 0 Å². The van der Waals surface area contributed by atoms with Gasteiger partial charge in [-0.3, -0.25) is 9.67 Å². The molecule has 25 heavy (non-hydrogen) atoms. The Morgan fingerprint density at radius 1 is 1.20 bits per heavy atom. The van der Waals surface area contributed by atoms with E-state index < -0.39 is 0 Å². The van der Waals surface area contributed by atoms with E-state index >= 15 is 0 Å². The van der Waals surface area contributed by atoms with Crippen molar-refractivity contribution in [1.82, 2.24) is 24.7 Å². The minimum Gasteiger partial charge on any atom is -0.355 e. The Morgan fingerprint density at radius 3 is 2.76 bits per heavy atom. The van der Waals surface area contributed by atoms with Crippen molar-refractivity contribution in [3.63, 3.8) is 0 Å². The summed E-state index contributed by atoms with van der Waals surface area (Å²) in [5.74, 6) is 2.42. The van der Waals surface area contributed by atoms with Crippen LogP contribution in [0.3, 0.4) is 0 Å². The Bertz CT molecular complexity index is 894. The molecule has 3 heterocycles. The Balaban J connectivity index is 1.75. The van der Waals surface area contributed by atoms with E-state index in [4.69, 9.17) is 9.97 Å². The van der Waals surface area contributed by atoms with Gasteiger partial charge in [0.1, 0.15) is 11.6 Å². The molecule has 130 valence electrons. The molecule has 0 N–H and O–H groups in total. The van der Waals surface area contributed by atoms with E-state index in [1.54, 1.807) is 0 Å². The Morgan fingerprint density at radius 2 is 2.00 bits per heavy atom. The zero-order chi connectivity index (χ0) is 17.4. The minimum absolute atomic E-state index is 0.481. The SMILES string of the molecule is Cc1cnccc1CN(C)c1nc(C2CCCC2)nc2c1cnn2C. The van der Waals surface area contributed by atoms with Gasteiger partial charge in [0.2, 0.25) is 0 Å². The van der Waals surface area contributed by atoms with Crippen LogP contribution in [-0.2, 0) is 13.6 Å². The fourth-order valence-electron chi connectivity index (χ4n) is 3.69. The zero-order valence-corrected chi connectivity index (χ0v) is 15.1. The van der Waals surface area contributed by atoms with Crippen molar-refractivity contribution < 1.29 is 0 Å². The van der Waals surface area contributed by atoms with Crippen LogP contribution in [0.25, 0.3) is 11.0 Å². The molecule has 0 unspecified atom stereocenters. The van der Waals surface area contributed by atoms with E-state index in [1.807, 2.05) is 30.3 Å². The van der Waals surface area contributed by atoms with Gasteiger partial charge in [0.05, 0.1) is 11.6 Å². The van der Waals surface area contributed by atoms with Gasteiger partial charge in [0.15, 0.2) is 5.65 Å². The molecular formula is C19H24N6. The van der Waals surface area contributed by atoms with Crippen molar-refractivity contribution in [2.75, 3.05) is 11.9 Å². The Hall–Kier alpha value is -2.50. The molecule has 4 rings (SSSR count). The predicted molar refractivity (Wildman–Crippen MR) is 98.6 cm³/mol.